The first-order valence-electron chi connectivity index (χ1n) is 20.8. The van der Waals surface area contributed by atoms with Crippen LogP contribution in [0.4, 0.5) is 30.2 Å². The lowest BCUT2D eigenvalue weighted by atomic mass is 10.0. The average molecular weight is 941 g/mol. The van der Waals surface area contributed by atoms with E-state index in [1.807, 2.05) is 0 Å². The summed E-state index contributed by atoms with van der Waals surface area (Å²) in [4.78, 5) is 66.9. The first-order valence-corrected chi connectivity index (χ1v) is 21.6. The maximum atomic E-state index is 13.7. The van der Waals surface area contributed by atoms with E-state index in [1.54, 1.807) is 50.2 Å². The van der Waals surface area contributed by atoms with Gasteiger partial charge in [-0.15, -0.1) is 0 Å². The Bertz CT molecular complexity index is 2390. The Morgan fingerprint density at radius 1 is 0.803 bits per heavy atom. The second-order valence-corrected chi connectivity index (χ2v) is 15.8. The molecule has 3 heterocycles. The average Bonchev–Trinajstić information content (AvgIpc) is 3.67. The largest absolute Gasteiger partial charge is 0.491 e. The number of anilines is 3. The van der Waals surface area contributed by atoms with Gasteiger partial charge in [0, 0.05) is 24.3 Å². The van der Waals surface area contributed by atoms with Crippen LogP contribution in [0, 0.1) is 11.3 Å². The maximum absolute atomic E-state index is 13.7. The highest BCUT2D eigenvalue weighted by Gasteiger charge is 2.52. The zero-order valence-electron chi connectivity index (χ0n) is 36.0. The van der Waals surface area contributed by atoms with Gasteiger partial charge in [-0.2, -0.15) is 18.4 Å². The van der Waals surface area contributed by atoms with E-state index in [1.165, 1.54) is 23.1 Å². The molecule has 2 saturated heterocycles. The number of rotatable bonds is 23. The normalized spacial score (nSPS) is 17.0. The summed E-state index contributed by atoms with van der Waals surface area (Å²) in [6.07, 6.45) is -4.73. The van der Waals surface area contributed by atoms with Crippen LogP contribution < -0.4 is 25.2 Å². The minimum absolute atomic E-state index is 0.0365. The van der Waals surface area contributed by atoms with Crippen LogP contribution in [0.5, 0.6) is 5.75 Å². The standard InChI is InChI=1S/C44H47F3N6O12S/c1-43(2)41(58)51(30-7-6-28(27-48)33(26-30)44(45,46)47)42(66-59)53(43)29-8-10-31(11-9-29)65-25-24-64-23-22-63-21-20-62-19-18-61-17-16-60-15-14-49-34-5-3-4-32-37(34)40(57)52(39(32)56)35-12-13-36(54)50-38(35)55/h3-11,26,35,49H,12-25H2,1-2H3,(H,50,54,55). The van der Waals surface area contributed by atoms with Crippen molar-refractivity contribution < 1.29 is 69.8 Å². The summed E-state index contributed by atoms with van der Waals surface area (Å²) in [5.41, 5.74) is -2.09. The number of imide groups is 2. The van der Waals surface area contributed by atoms with Gasteiger partial charge in [-0.3, -0.25) is 39.1 Å². The van der Waals surface area contributed by atoms with E-state index in [2.05, 4.69) is 10.6 Å². The van der Waals surface area contributed by atoms with Crippen LogP contribution in [-0.4, -0.2) is 135 Å². The molecule has 66 heavy (non-hydrogen) atoms. The van der Waals surface area contributed by atoms with Gasteiger partial charge in [-0.1, -0.05) is 6.07 Å². The second-order valence-electron chi connectivity index (χ2n) is 15.2. The number of fused-ring (bicyclic) bond motifs is 1. The molecule has 0 radical (unpaired) electrons. The molecule has 6 rings (SSSR count). The number of benzene rings is 3. The van der Waals surface area contributed by atoms with Crippen molar-refractivity contribution in [2.45, 2.75) is 44.4 Å². The van der Waals surface area contributed by atoms with E-state index >= 15 is 0 Å². The molecule has 2 fully saturated rings. The van der Waals surface area contributed by atoms with E-state index in [0.717, 1.165) is 15.9 Å². The highest BCUT2D eigenvalue weighted by molar-refractivity contribution is 7.67. The number of nitrogens with zero attached hydrogens (tertiary/aromatic N) is 4. The maximum Gasteiger partial charge on any atom is 0.417 e. The van der Waals surface area contributed by atoms with Crippen molar-refractivity contribution in [2.75, 3.05) is 94.3 Å². The first-order chi connectivity index (χ1) is 31.7. The minimum atomic E-state index is -4.85. The smallest absolute Gasteiger partial charge is 0.417 e. The number of hydrogen-bond donors (Lipinski definition) is 2. The molecule has 0 saturated carbocycles. The van der Waals surface area contributed by atoms with E-state index in [9.17, 15) is 46.6 Å². The van der Waals surface area contributed by atoms with Crippen molar-refractivity contribution in [1.82, 2.24) is 10.2 Å². The monoisotopic (exact) mass is 940 g/mol. The molecule has 5 amide bonds. The van der Waals surface area contributed by atoms with Crippen LogP contribution >= 0.6 is 0 Å². The Balaban J connectivity index is 0.780. The van der Waals surface area contributed by atoms with Gasteiger partial charge in [0.1, 0.15) is 35.2 Å². The Labute approximate surface area is 380 Å². The van der Waals surface area contributed by atoms with Gasteiger partial charge in [-0.25, -0.2) is 4.21 Å². The molecule has 0 aliphatic carbocycles. The Morgan fingerprint density at radius 3 is 1.97 bits per heavy atom. The summed E-state index contributed by atoms with van der Waals surface area (Å²) in [6.45, 7) is 6.96. The first kappa shape index (κ1) is 49.2. The second kappa shape index (κ2) is 22.3. The highest BCUT2D eigenvalue weighted by atomic mass is 32.1. The van der Waals surface area contributed by atoms with E-state index in [0.29, 0.717) is 89.2 Å². The summed E-state index contributed by atoms with van der Waals surface area (Å²) in [5.74, 6) is -2.41. The number of amides is 5. The van der Waals surface area contributed by atoms with Gasteiger partial charge >= 0.3 is 6.18 Å². The molecule has 1 unspecified atom stereocenters. The lowest BCUT2D eigenvalue weighted by Crippen LogP contribution is -2.54. The lowest BCUT2D eigenvalue weighted by Gasteiger charge is -2.29. The van der Waals surface area contributed by atoms with Crippen LogP contribution in [0.25, 0.3) is 0 Å². The molecule has 3 aromatic rings. The number of alkyl halides is 3. The molecule has 3 aliphatic rings. The van der Waals surface area contributed by atoms with Crippen molar-refractivity contribution in [3.63, 3.8) is 0 Å². The molecule has 22 heteroatoms. The fraction of sp³-hybridized carbons (Fsp3) is 0.432. The molecule has 0 aromatic heterocycles. The van der Waals surface area contributed by atoms with Crippen molar-refractivity contribution in [3.05, 3.63) is 82.9 Å². The number of carbonyl (C=O) groups is 5. The Kier molecular flexibility index (Phi) is 16.6. The summed E-state index contributed by atoms with van der Waals surface area (Å²) in [5, 5.41) is 14.3. The molecule has 0 bridgehead atoms. The predicted octanol–water partition coefficient (Wildman–Crippen LogP) is 3.48. The molecule has 0 spiro atoms. The summed E-state index contributed by atoms with van der Waals surface area (Å²) < 4.78 is 86.9. The van der Waals surface area contributed by atoms with Gasteiger partial charge in [0.15, 0.2) is 0 Å². The van der Waals surface area contributed by atoms with Gasteiger partial charge in [0.05, 0.1) is 100 Å². The number of hydrogen-bond acceptors (Lipinski definition) is 14. The summed E-state index contributed by atoms with van der Waals surface area (Å²) in [7, 11) is 0. The Hall–Kier alpha value is -6.22. The van der Waals surface area contributed by atoms with E-state index < -0.39 is 58.4 Å². The molecular formula is C44H47F3N6O12S. The fourth-order valence-electron chi connectivity index (χ4n) is 7.35. The van der Waals surface area contributed by atoms with Gasteiger partial charge in [0.25, 0.3) is 17.7 Å². The number of ether oxygens (including phenoxy) is 6. The quantitative estimate of drug-likeness (QED) is 0.0791. The van der Waals surface area contributed by atoms with Crippen LogP contribution in [0.2, 0.25) is 0 Å². The highest BCUT2D eigenvalue weighted by Crippen LogP contribution is 2.40. The topological polar surface area (TPSA) is 215 Å². The summed E-state index contributed by atoms with van der Waals surface area (Å²) in [6, 6.07) is 14.7. The van der Waals surface area contributed by atoms with Gasteiger partial charge < -0.3 is 38.6 Å². The number of halogens is 3. The molecule has 3 aromatic carbocycles. The lowest BCUT2D eigenvalue weighted by molar-refractivity contribution is -0.138. The van der Waals surface area contributed by atoms with Crippen LogP contribution in [0.15, 0.2) is 60.7 Å². The number of carbonyl (C=O) groups excluding carboxylic acids is 5. The number of piperidine rings is 1. The third kappa shape index (κ3) is 11.4. The number of nitriles is 1. The number of nitrogens with one attached hydrogen (secondary N) is 2. The summed E-state index contributed by atoms with van der Waals surface area (Å²) >= 11 is -0.0365. The SMILES string of the molecule is CC1(C)C(=O)N(c2ccc(C#N)c(C(F)(F)F)c2)C(=S=O)N1c1ccc(OCCOCCOCCOCCOCCOCCNc2cccc3c2C(=O)N(C2CCC(=O)NC2=O)C3=O)cc1. The molecule has 3 aliphatic heterocycles. The third-order valence-electron chi connectivity index (χ3n) is 10.5. The predicted molar refractivity (Wildman–Crippen MR) is 231 cm³/mol. The van der Waals surface area contributed by atoms with Crippen molar-refractivity contribution >= 4 is 63.0 Å². The molecule has 2 N–H and O–H groups in total. The zero-order chi connectivity index (χ0) is 47.4. The fourth-order valence-corrected chi connectivity index (χ4v) is 8.02. The van der Waals surface area contributed by atoms with Crippen LogP contribution in [0.3, 0.4) is 0 Å². The minimum Gasteiger partial charge on any atom is -0.491 e. The van der Waals surface area contributed by atoms with E-state index in [-0.39, 0.29) is 59.2 Å². The molecular weight excluding hydrogens is 894 g/mol. The molecule has 18 nitrogen and oxygen atoms in total. The molecule has 1 atom stereocenters. The Morgan fingerprint density at radius 2 is 1.39 bits per heavy atom. The molecule has 352 valence electrons. The zero-order valence-corrected chi connectivity index (χ0v) is 36.8. The van der Waals surface area contributed by atoms with E-state index in [4.69, 9.17) is 28.4 Å². The third-order valence-corrected chi connectivity index (χ3v) is 11.1. The van der Waals surface area contributed by atoms with Crippen LogP contribution in [0.1, 0.15) is 58.5 Å². The van der Waals surface area contributed by atoms with Gasteiger partial charge in [-0.05, 0) is 74.9 Å². The van der Waals surface area contributed by atoms with Crippen LogP contribution in [-0.2, 0) is 55.5 Å². The van der Waals surface area contributed by atoms with Crippen molar-refractivity contribution in [1.29, 1.82) is 5.26 Å². The van der Waals surface area contributed by atoms with Gasteiger partial charge in [0.2, 0.25) is 16.9 Å². The van der Waals surface area contributed by atoms with Crippen molar-refractivity contribution in [2.24, 2.45) is 0 Å². The van der Waals surface area contributed by atoms with Crippen molar-refractivity contribution in [3.8, 4) is 11.8 Å².